The zero-order valence-electron chi connectivity index (χ0n) is 10.5. The highest BCUT2D eigenvalue weighted by Gasteiger charge is 2.26. The molecule has 0 aliphatic rings. The maximum absolute atomic E-state index is 6.02. The van der Waals surface area contributed by atoms with Gasteiger partial charge in [0.25, 0.3) is 0 Å². The van der Waals surface area contributed by atoms with Crippen LogP contribution in [0.5, 0.6) is 0 Å². The van der Waals surface area contributed by atoms with Crippen LogP contribution >= 0.6 is 0 Å². The summed E-state index contributed by atoms with van der Waals surface area (Å²) < 4.78 is 11.2. The van der Waals surface area contributed by atoms with E-state index < -0.39 is 9.04 Å². The predicted octanol–water partition coefficient (Wildman–Crippen LogP) is 3.32. The minimum atomic E-state index is -1.12. The third-order valence-corrected chi connectivity index (χ3v) is 6.97. The summed E-state index contributed by atoms with van der Waals surface area (Å²) in [4.78, 5) is 0. The molecule has 0 bridgehead atoms. The van der Waals surface area contributed by atoms with E-state index in [1.165, 1.54) is 12.8 Å². The number of ether oxygens (including phenoxy) is 1. The van der Waals surface area contributed by atoms with Crippen LogP contribution in [0.3, 0.4) is 0 Å². The van der Waals surface area contributed by atoms with Crippen molar-refractivity contribution in [3.05, 3.63) is 0 Å². The van der Waals surface area contributed by atoms with Gasteiger partial charge in [0.2, 0.25) is 0 Å². The largest absolute Gasteiger partial charge is 0.395 e. The smallest absolute Gasteiger partial charge is 0.185 e. The van der Waals surface area contributed by atoms with E-state index in [2.05, 4.69) is 27.7 Å². The van der Waals surface area contributed by atoms with Crippen LogP contribution in [0.15, 0.2) is 0 Å². The molecule has 0 saturated carbocycles. The first-order chi connectivity index (χ1) is 6.56. The fourth-order valence-electron chi connectivity index (χ4n) is 1.57. The fourth-order valence-corrected chi connectivity index (χ4v) is 4.71. The predicted molar refractivity (Wildman–Crippen MR) is 64.1 cm³/mol. The average Bonchev–Trinajstić information content (AvgIpc) is 2.23. The summed E-state index contributed by atoms with van der Waals surface area (Å²) >= 11 is 0. The van der Waals surface area contributed by atoms with Gasteiger partial charge in [-0.15, -0.1) is 0 Å². The molecule has 0 aliphatic carbocycles. The van der Waals surface area contributed by atoms with Gasteiger partial charge in [-0.3, -0.25) is 0 Å². The van der Waals surface area contributed by atoms with Crippen molar-refractivity contribution in [2.45, 2.75) is 64.8 Å². The van der Waals surface area contributed by atoms with Crippen molar-refractivity contribution in [2.24, 2.45) is 0 Å². The molecule has 3 heteroatoms. The second-order valence-corrected chi connectivity index (χ2v) is 7.65. The second-order valence-electron chi connectivity index (χ2n) is 4.18. The van der Waals surface area contributed by atoms with Crippen molar-refractivity contribution in [3.63, 3.8) is 0 Å². The van der Waals surface area contributed by atoms with Gasteiger partial charge >= 0.3 is 0 Å². The standard InChI is InChI=1S/C11H26O2Si/c1-7-9(3)14(10(4)8-2)13-11(5)12-6/h9-11,14H,7-8H2,1-6H3. The highest BCUT2D eigenvalue weighted by molar-refractivity contribution is 6.55. The maximum atomic E-state index is 6.02. The molecule has 0 aromatic carbocycles. The number of rotatable bonds is 7. The van der Waals surface area contributed by atoms with Crippen LogP contribution in [-0.4, -0.2) is 22.4 Å². The molecular weight excluding hydrogens is 192 g/mol. The van der Waals surface area contributed by atoms with Crippen molar-refractivity contribution in [1.29, 1.82) is 0 Å². The Morgan fingerprint density at radius 1 is 1.00 bits per heavy atom. The molecule has 0 N–H and O–H groups in total. The molecule has 3 unspecified atom stereocenters. The summed E-state index contributed by atoms with van der Waals surface area (Å²) in [5, 5.41) is 0. The molecule has 3 atom stereocenters. The van der Waals surface area contributed by atoms with Gasteiger partial charge in [-0.2, -0.15) is 0 Å². The van der Waals surface area contributed by atoms with Gasteiger partial charge in [-0.25, -0.2) is 0 Å². The van der Waals surface area contributed by atoms with E-state index in [0.717, 1.165) is 11.1 Å². The van der Waals surface area contributed by atoms with Gasteiger partial charge in [-0.1, -0.05) is 40.5 Å². The van der Waals surface area contributed by atoms with E-state index in [0.29, 0.717) is 0 Å². The minimum absolute atomic E-state index is 0.0327. The van der Waals surface area contributed by atoms with Crippen LogP contribution < -0.4 is 0 Å². The summed E-state index contributed by atoms with van der Waals surface area (Å²) in [7, 11) is 0.589. The first-order valence-electron chi connectivity index (χ1n) is 5.74. The lowest BCUT2D eigenvalue weighted by Crippen LogP contribution is -2.32. The Hall–Kier alpha value is 0.137. The first kappa shape index (κ1) is 14.1. The average molecular weight is 218 g/mol. The van der Waals surface area contributed by atoms with Gasteiger partial charge in [0.15, 0.2) is 9.04 Å². The molecule has 0 aromatic heterocycles. The molecule has 0 radical (unpaired) electrons. The SMILES string of the molecule is CCC(C)[SiH](OC(C)OC)C(C)CC. The topological polar surface area (TPSA) is 18.5 Å². The summed E-state index contributed by atoms with van der Waals surface area (Å²) in [6.07, 6.45) is 2.41. The number of hydrogen-bond acceptors (Lipinski definition) is 2. The molecule has 0 fully saturated rings. The maximum Gasteiger partial charge on any atom is 0.185 e. The molecule has 0 heterocycles. The monoisotopic (exact) mass is 218 g/mol. The Balaban J connectivity index is 4.23. The lowest BCUT2D eigenvalue weighted by molar-refractivity contribution is -0.0438. The van der Waals surface area contributed by atoms with Crippen LogP contribution in [-0.2, 0) is 9.16 Å². The molecular formula is C11H26O2Si. The van der Waals surface area contributed by atoms with Gasteiger partial charge in [0.1, 0.15) is 6.29 Å². The lowest BCUT2D eigenvalue weighted by atomic mass is 10.4. The highest BCUT2D eigenvalue weighted by Crippen LogP contribution is 2.28. The third-order valence-electron chi connectivity index (χ3n) is 3.09. The Bertz CT molecular complexity index is 131. The van der Waals surface area contributed by atoms with Crippen molar-refractivity contribution < 1.29 is 9.16 Å². The summed E-state index contributed by atoms with van der Waals surface area (Å²) in [5.41, 5.74) is 1.48. The Labute approximate surface area is 90.7 Å². The van der Waals surface area contributed by atoms with E-state index >= 15 is 0 Å². The molecule has 14 heavy (non-hydrogen) atoms. The molecule has 0 rings (SSSR count). The van der Waals surface area contributed by atoms with Crippen molar-refractivity contribution in [3.8, 4) is 0 Å². The summed E-state index contributed by atoms with van der Waals surface area (Å²) in [6.45, 7) is 11.1. The molecule has 0 spiro atoms. The molecule has 2 nitrogen and oxygen atoms in total. The quantitative estimate of drug-likeness (QED) is 0.482. The highest BCUT2D eigenvalue weighted by atomic mass is 28.3. The Morgan fingerprint density at radius 2 is 1.43 bits per heavy atom. The van der Waals surface area contributed by atoms with E-state index in [1.807, 2.05) is 6.92 Å². The summed E-state index contributed by atoms with van der Waals surface area (Å²) in [6, 6.07) is 0. The summed E-state index contributed by atoms with van der Waals surface area (Å²) in [5.74, 6) is 0. The van der Waals surface area contributed by atoms with Gasteiger partial charge < -0.3 is 9.16 Å². The number of methoxy groups -OCH3 is 1. The van der Waals surface area contributed by atoms with Crippen LogP contribution in [0, 0.1) is 0 Å². The zero-order valence-corrected chi connectivity index (χ0v) is 11.7. The van der Waals surface area contributed by atoms with Crippen LogP contribution in [0.25, 0.3) is 0 Å². The number of hydrogen-bond donors (Lipinski definition) is 0. The third kappa shape index (κ3) is 4.58. The van der Waals surface area contributed by atoms with E-state index in [4.69, 9.17) is 9.16 Å². The van der Waals surface area contributed by atoms with Gasteiger partial charge in [0, 0.05) is 7.11 Å². The Morgan fingerprint density at radius 3 is 1.71 bits per heavy atom. The second kappa shape index (κ2) is 7.43. The van der Waals surface area contributed by atoms with E-state index in [9.17, 15) is 0 Å². The Kier molecular flexibility index (Phi) is 7.50. The first-order valence-corrected chi connectivity index (χ1v) is 7.55. The van der Waals surface area contributed by atoms with Crippen molar-refractivity contribution in [2.75, 3.05) is 7.11 Å². The molecule has 0 aromatic rings. The van der Waals surface area contributed by atoms with E-state index in [-0.39, 0.29) is 6.29 Å². The van der Waals surface area contributed by atoms with Crippen LogP contribution in [0.1, 0.15) is 47.5 Å². The van der Waals surface area contributed by atoms with Crippen LogP contribution in [0.4, 0.5) is 0 Å². The van der Waals surface area contributed by atoms with Gasteiger partial charge in [-0.05, 0) is 18.0 Å². The van der Waals surface area contributed by atoms with Crippen molar-refractivity contribution in [1.82, 2.24) is 0 Å². The van der Waals surface area contributed by atoms with Crippen LogP contribution in [0.2, 0.25) is 11.1 Å². The molecule has 0 amide bonds. The minimum Gasteiger partial charge on any atom is -0.395 e. The molecule has 0 aliphatic heterocycles. The van der Waals surface area contributed by atoms with Crippen molar-refractivity contribution >= 4 is 9.04 Å². The fraction of sp³-hybridized carbons (Fsp3) is 1.00. The molecule has 0 saturated heterocycles. The normalized spacial score (nSPS) is 20.1. The van der Waals surface area contributed by atoms with Gasteiger partial charge in [0.05, 0.1) is 0 Å². The zero-order chi connectivity index (χ0) is 11.1. The molecule has 86 valence electrons. The lowest BCUT2D eigenvalue weighted by Gasteiger charge is -2.29. The van der Waals surface area contributed by atoms with E-state index in [1.54, 1.807) is 7.11 Å².